The molecule has 0 radical (unpaired) electrons. The first-order valence-electron chi connectivity index (χ1n) is 7.83. The summed E-state index contributed by atoms with van der Waals surface area (Å²) in [4.78, 5) is 11.1. The third-order valence-electron chi connectivity index (χ3n) is 4.86. The molecule has 0 amide bonds. The molecule has 0 heterocycles. The van der Waals surface area contributed by atoms with Gasteiger partial charge in [0.2, 0.25) is 0 Å². The van der Waals surface area contributed by atoms with Crippen molar-refractivity contribution in [2.75, 3.05) is 7.05 Å². The number of nitrogens with one attached hydrogen (secondary N) is 1. The minimum atomic E-state index is -3.63. The van der Waals surface area contributed by atoms with Crippen LogP contribution < -0.4 is 4.72 Å². The maximum Gasteiger partial charge on any atom is 0.305 e. The first kappa shape index (κ1) is 16.7. The fourth-order valence-corrected chi connectivity index (χ4v) is 5.21. The van der Waals surface area contributed by atoms with Crippen LogP contribution in [-0.4, -0.2) is 42.4 Å². The second-order valence-corrected chi connectivity index (χ2v) is 8.20. The second-order valence-electron chi connectivity index (χ2n) is 6.47. The molecule has 0 spiro atoms. The fraction of sp³-hybridized carbons (Fsp3) is 0.929. The lowest BCUT2D eigenvalue weighted by Gasteiger charge is -2.35. The van der Waals surface area contributed by atoms with E-state index in [1.54, 1.807) is 7.05 Å². The van der Waals surface area contributed by atoms with Crippen LogP contribution in [0, 0.1) is 0 Å². The van der Waals surface area contributed by atoms with Crippen molar-refractivity contribution in [2.24, 2.45) is 0 Å². The Labute approximate surface area is 127 Å². The van der Waals surface area contributed by atoms with E-state index in [9.17, 15) is 13.2 Å². The average Bonchev–Trinajstić information content (AvgIpc) is 2.85. The van der Waals surface area contributed by atoms with Crippen molar-refractivity contribution in [3.05, 3.63) is 0 Å². The van der Waals surface area contributed by atoms with E-state index in [1.807, 2.05) is 0 Å². The summed E-state index contributed by atoms with van der Waals surface area (Å²) in [6.07, 6.45) is 7.91. The summed E-state index contributed by atoms with van der Waals surface area (Å²) >= 11 is 0. The topological polar surface area (TPSA) is 86.7 Å². The predicted octanol–water partition coefficient (Wildman–Crippen LogP) is 1.87. The van der Waals surface area contributed by atoms with Gasteiger partial charge in [-0.1, -0.05) is 32.1 Å². The highest BCUT2D eigenvalue weighted by Crippen LogP contribution is 2.34. The van der Waals surface area contributed by atoms with Gasteiger partial charge in [0, 0.05) is 18.6 Å². The van der Waals surface area contributed by atoms with Crippen molar-refractivity contribution < 1.29 is 18.3 Å². The van der Waals surface area contributed by atoms with E-state index in [2.05, 4.69) is 4.72 Å². The van der Waals surface area contributed by atoms with Crippen molar-refractivity contribution in [3.8, 4) is 0 Å². The maximum absolute atomic E-state index is 12.6. The molecule has 0 aliphatic heterocycles. The quantitative estimate of drug-likeness (QED) is 0.783. The molecule has 2 rings (SSSR count). The highest BCUT2D eigenvalue weighted by molar-refractivity contribution is 7.87. The number of hydrogen-bond donors (Lipinski definition) is 2. The van der Waals surface area contributed by atoms with Gasteiger partial charge in [-0.2, -0.15) is 17.4 Å². The van der Waals surface area contributed by atoms with E-state index in [0.29, 0.717) is 12.8 Å². The molecule has 2 aliphatic carbocycles. The number of carboxylic acid groups (broad SMARTS) is 1. The zero-order chi connectivity index (χ0) is 15.5. The summed E-state index contributed by atoms with van der Waals surface area (Å²) in [7, 11) is -2.01. The van der Waals surface area contributed by atoms with Crippen LogP contribution in [0.5, 0.6) is 0 Å². The predicted molar refractivity (Wildman–Crippen MR) is 80.1 cm³/mol. The van der Waals surface area contributed by atoms with E-state index in [0.717, 1.165) is 38.5 Å². The Morgan fingerprint density at radius 1 is 1.19 bits per heavy atom. The maximum atomic E-state index is 12.6. The van der Waals surface area contributed by atoms with Crippen LogP contribution >= 0.6 is 0 Å². The molecule has 2 saturated carbocycles. The van der Waals surface area contributed by atoms with Crippen LogP contribution in [-0.2, 0) is 15.0 Å². The summed E-state index contributed by atoms with van der Waals surface area (Å²) in [6.45, 7) is 0. The summed E-state index contributed by atoms with van der Waals surface area (Å²) in [5.41, 5.74) is -0.798. The zero-order valence-corrected chi connectivity index (χ0v) is 13.5. The smallest absolute Gasteiger partial charge is 0.305 e. The molecule has 7 heteroatoms. The monoisotopic (exact) mass is 318 g/mol. The van der Waals surface area contributed by atoms with Crippen molar-refractivity contribution in [3.63, 3.8) is 0 Å². The minimum Gasteiger partial charge on any atom is -0.481 e. The molecule has 0 bridgehead atoms. The Morgan fingerprint density at radius 3 is 2.29 bits per heavy atom. The molecule has 21 heavy (non-hydrogen) atoms. The molecular formula is C14H26N2O4S. The average molecular weight is 318 g/mol. The van der Waals surface area contributed by atoms with Gasteiger partial charge in [-0.3, -0.25) is 4.79 Å². The molecule has 2 fully saturated rings. The molecule has 2 N–H and O–H groups in total. The van der Waals surface area contributed by atoms with Crippen LogP contribution in [0.25, 0.3) is 0 Å². The van der Waals surface area contributed by atoms with Crippen molar-refractivity contribution in [1.29, 1.82) is 0 Å². The Morgan fingerprint density at radius 2 is 1.76 bits per heavy atom. The van der Waals surface area contributed by atoms with Crippen LogP contribution in [0.4, 0.5) is 0 Å². The lowest BCUT2D eigenvalue weighted by molar-refractivity contribution is -0.138. The number of aliphatic carboxylic acids is 1. The van der Waals surface area contributed by atoms with E-state index in [-0.39, 0.29) is 12.5 Å². The first-order valence-corrected chi connectivity index (χ1v) is 9.27. The largest absolute Gasteiger partial charge is 0.481 e. The van der Waals surface area contributed by atoms with Crippen molar-refractivity contribution >= 4 is 16.2 Å². The standard InChI is InChI=1S/C14H26N2O4S/c1-16(12-7-3-2-4-8-12)21(19,20)15-14(11-13(17)18)9-5-6-10-14/h12,15H,2-11H2,1H3,(H,17,18). The zero-order valence-electron chi connectivity index (χ0n) is 12.7. The van der Waals surface area contributed by atoms with E-state index < -0.39 is 21.7 Å². The number of rotatable bonds is 6. The summed E-state index contributed by atoms with van der Waals surface area (Å²) in [6, 6.07) is 0.0412. The fourth-order valence-electron chi connectivity index (χ4n) is 3.64. The van der Waals surface area contributed by atoms with Crippen LogP contribution in [0.2, 0.25) is 0 Å². The molecule has 6 nitrogen and oxygen atoms in total. The van der Waals surface area contributed by atoms with Gasteiger partial charge in [-0.05, 0) is 25.7 Å². The summed E-state index contributed by atoms with van der Waals surface area (Å²) < 4.78 is 29.3. The molecule has 0 atom stereocenters. The molecule has 122 valence electrons. The number of nitrogens with zero attached hydrogens (tertiary/aromatic N) is 1. The van der Waals surface area contributed by atoms with E-state index in [1.165, 1.54) is 10.7 Å². The molecule has 0 aromatic rings. The molecule has 0 aromatic heterocycles. The van der Waals surface area contributed by atoms with Crippen molar-refractivity contribution in [1.82, 2.24) is 9.03 Å². The highest BCUT2D eigenvalue weighted by Gasteiger charge is 2.41. The normalized spacial score (nSPS) is 23.5. The van der Waals surface area contributed by atoms with Crippen molar-refractivity contribution in [2.45, 2.75) is 75.8 Å². The van der Waals surface area contributed by atoms with Gasteiger partial charge in [-0.25, -0.2) is 0 Å². The van der Waals surface area contributed by atoms with E-state index in [4.69, 9.17) is 5.11 Å². The van der Waals surface area contributed by atoms with Crippen LogP contribution in [0.3, 0.4) is 0 Å². The van der Waals surface area contributed by atoms with Gasteiger partial charge >= 0.3 is 5.97 Å². The van der Waals surface area contributed by atoms with Gasteiger partial charge in [0.05, 0.1) is 6.42 Å². The number of hydrogen-bond acceptors (Lipinski definition) is 3. The van der Waals surface area contributed by atoms with Gasteiger partial charge < -0.3 is 5.11 Å². The Kier molecular flexibility index (Phi) is 5.27. The Hall–Kier alpha value is -0.660. The van der Waals surface area contributed by atoms with Gasteiger partial charge in [0.1, 0.15) is 0 Å². The second kappa shape index (κ2) is 6.62. The molecular weight excluding hydrogens is 292 g/mol. The molecule has 2 aliphatic rings. The van der Waals surface area contributed by atoms with E-state index >= 15 is 0 Å². The number of carbonyl (C=O) groups is 1. The molecule has 0 unspecified atom stereocenters. The summed E-state index contributed by atoms with van der Waals surface area (Å²) in [5, 5.41) is 9.07. The molecule has 0 aromatic carbocycles. The first-order chi connectivity index (χ1) is 9.85. The summed E-state index contributed by atoms with van der Waals surface area (Å²) in [5.74, 6) is -0.945. The number of carboxylic acids is 1. The minimum absolute atomic E-state index is 0.0412. The highest BCUT2D eigenvalue weighted by atomic mass is 32.2. The van der Waals surface area contributed by atoms with Crippen LogP contribution in [0.15, 0.2) is 0 Å². The Balaban J connectivity index is 2.08. The van der Waals surface area contributed by atoms with Gasteiger partial charge in [0.15, 0.2) is 0 Å². The lowest BCUT2D eigenvalue weighted by Crippen LogP contribution is -2.54. The SMILES string of the molecule is CN(C1CCCCC1)S(=O)(=O)NC1(CC(=O)O)CCCC1. The third kappa shape index (κ3) is 4.17. The van der Waals surface area contributed by atoms with Crippen LogP contribution in [0.1, 0.15) is 64.2 Å². The lowest BCUT2D eigenvalue weighted by atomic mass is 9.95. The molecule has 0 saturated heterocycles. The van der Waals surface area contributed by atoms with Gasteiger partial charge in [0.25, 0.3) is 10.2 Å². The van der Waals surface area contributed by atoms with Gasteiger partial charge in [-0.15, -0.1) is 0 Å². The third-order valence-corrected chi connectivity index (χ3v) is 6.61. The Bertz CT molecular complexity index is 465.